The van der Waals surface area contributed by atoms with Crippen molar-refractivity contribution in [3.8, 4) is 0 Å². The molecule has 0 aliphatic carbocycles. The van der Waals surface area contributed by atoms with Crippen molar-refractivity contribution in [3.63, 3.8) is 0 Å². The van der Waals surface area contributed by atoms with Crippen molar-refractivity contribution in [2.75, 3.05) is 5.75 Å². The van der Waals surface area contributed by atoms with Crippen LogP contribution in [-0.2, 0) is 19.4 Å². The first-order valence-corrected chi connectivity index (χ1v) is 8.97. The average molecular weight is 373 g/mol. The third-order valence-corrected chi connectivity index (χ3v) is 5.81. The Morgan fingerprint density at radius 2 is 1.86 bits per heavy atom. The molecule has 1 unspecified atom stereocenters. The van der Waals surface area contributed by atoms with E-state index in [1.807, 2.05) is 0 Å². The monoisotopic (exact) mass is 372 g/mol. The largest absolute Gasteiger partial charge is 0.456 e. The van der Waals surface area contributed by atoms with E-state index < -0.39 is 27.3 Å². The summed E-state index contributed by atoms with van der Waals surface area (Å²) in [7, 11) is -3.49. The van der Waals surface area contributed by atoms with Crippen LogP contribution in [0.25, 0.3) is 0 Å². The van der Waals surface area contributed by atoms with Gasteiger partial charge in [0.1, 0.15) is 5.60 Å². The van der Waals surface area contributed by atoms with E-state index in [4.69, 9.17) is 4.74 Å². The smallest absolute Gasteiger partial charge is 0.335 e. The van der Waals surface area contributed by atoms with Crippen molar-refractivity contribution in [1.29, 1.82) is 0 Å². The number of rotatable bonds is 3. The maximum Gasteiger partial charge on any atom is 0.335 e. The summed E-state index contributed by atoms with van der Waals surface area (Å²) in [5.41, 5.74) is -0.442. The summed E-state index contributed by atoms with van der Waals surface area (Å²) in [4.78, 5) is 12.2. The van der Waals surface area contributed by atoms with Gasteiger partial charge in [-0.3, -0.25) is 0 Å². The van der Waals surface area contributed by atoms with E-state index in [-0.39, 0.29) is 10.6 Å². The molecule has 1 saturated heterocycles. The van der Waals surface area contributed by atoms with E-state index >= 15 is 0 Å². The number of carbonyl (C=O) groups excluding carboxylic acids is 1. The zero-order valence-corrected chi connectivity index (χ0v) is 14.5. The highest BCUT2D eigenvalue weighted by Gasteiger charge is 2.48. The van der Waals surface area contributed by atoms with Crippen LogP contribution in [0.4, 0.5) is 0 Å². The summed E-state index contributed by atoms with van der Waals surface area (Å²) in [6.07, 6.45) is 0. The van der Waals surface area contributed by atoms with Gasteiger partial charge in [-0.05, 0) is 32.9 Å². The fourth-order valence-corrected chi connectivity index (χ4v) is 4.67. The molecule has 1 aliphatic rings. The lowest BCUT2D eigenvalue weighted by molar-refractivity contribution is -0.144. The van der Waals surface area contributed by atoms with Gasteiger partial charge in [-0.1, -0.05) is 34.1 Å². The number of carbonyl (C=O) groups is 1. The topological polar surface area (TPSA) is 60.4 Å². The number of hydrogen-bond donors (Lipinski definition) is 0. The Bertz CT molecular complexity index is 686. The molecule has 1 aromatic carbocycles. The predicted octanol–water partition coefficient (Wildman–Crippen LogP) is 3.08. The zero-order chi connectivity index (χ0) is 15.8. The molecule has 6 heteroatoms. The van der Waals surface area contributed by atoms with Gasteiger partial charge in [0.25, 0.3) is 0 Å². The van der Waals surface area contributed by atoms with Gasteiger partial charge in [0.05, 0.1) is 16.2 Å². The quantitative estimate of drug-likeness (QED) is 0.604. The van der Waals surface area contributed by atoms with Gasteiger partial charge < -0.3 is 4.74 Å². The van der Waals surface area contributed by atoms with Crippen LogP contribution in [0.5, 0.6) is 0 Å². The minimum absolute atomic E-state index is 0.159. The van der Waals surface area contributed by atoms with Crippen molar-refractivity contribution in [2.45, 2.75) is 31.3 Å². The molecular weight excluding hydrogens is 356 g/mol. The van der Waals surface area contributed by atoms with Crippen LogP contribution in [0.2, 0.25) is 0 Å². The van der Waals surface area contributed by atoms with Crippen LogP contribution in [0, 0.1) is 5.92 Å². The minimum Gasteiger partial charge on any atom is -0.456 e. The van der Waals surface area contributed by atoms with Gasteiger partial charge in [-0.2, -0.15) is 0 Å². The molecule has 1 heterocycles. The van der Waals surface area contributed by atoms with Gasteiger partial charge in [0, 0.05) is 10.4 Å². The molecule has 0 saturated carbocycles. The molecule has 4 nitrogen and oxygen atoms in total. The standard InChI is InChI=1S/C15H17BrO4S/c1-10(16)13-12(15(2,3)20-14(13)17)9-21(18,19)11-7-5-4-6-8-11/h4-8,12H,9H2,1-3H3/b13-10-. The number of hydrogen-bond acceptors (Lipinski definition) is 4. The van der Waals surface area contributed by atoms with Crippen molar-refractivity contribution >= 4 is 31.7 Å². The third kappa shape index (κ3) is 3.21. The summed E-state index contributed by atoms with van der Waals surface area (Å²) in [6, 6.07) is 8.25. The van der Waals surface area contributed by atoms with Crippen molar-refractivity contribution in [1.82, 2.24) is 0 Å². The molecule has 0 radical (unpaired) electrons. The number of benzene rings is 1. The van der Waals surface area contributed by atoms with Crippen LogP contribution >= 0.6 is 15.9 Å². The molecule has 1 fully saturated rings. The molecule has 0 aromatic heterocycles. The molecule has 1 atom stereocenters. The Labute approximate surface area is 133 Å². The molecule has 0 amide bonds. The first kappa shape index (κ1) is 16.2. The Hall–Kier alpha value is -1.14. The van der Waals surface area contributed by atoms with Crippen LogP contribution < -0.4 is 0 Å². The van der Waals surface area contributed by atoms with E-state index in [0.717, 1.165) is 0 Å². The second-order valence-corrected chi connectivity index (χ2v) is 8.81. The molecule has 2 rings (SSSR count). The second kappa shape index (κ2) is 5.57. The lowest BCUT2D eigenvalue weighted by Crippen LogP contribution is -2.33. The summed E-state index contributed by atoms with van der Waals surface area (Å²) < 4.78 is 31.0. The number of halogens is 1. The highest BCUT2D eigenvalue weighted by Crippen LogP contribution is 2.40. The van der Waals surface area contributed by atoms with Crippen molar-refractivity contribution in [2.24, 2.45) is 5.92 Å². The van der Waals surface area contributed by atoms with Gasteiger partial charge in [-0.25, -0.2) is 13.2 Å². The molecule has 1 aliphatic heterocycles. The molecule has 0 N–H and O–H groups in total. The van der Waals surface area contributed by atoms with Crippen LogP contribution in [0.15, 0.2) is 45.3 Å². The Morgan fingerprint density at radius 3 is 2.38 bits per heavy atom. The second-order valence-electron chi connectivity index (χ2n) is 5.59. The van der Waals surface area contributed by atoms with Crippen LogP contribution in [0.3, 0.4) is 0 Å². The first-order valence-electron chi connectivity index (χ1n) is 6.52. The molecule has 21 heavy (non-hydrogen) atoms. The maximum atomic E-state index is 12.5. The molecule has 0 bridgehead atoms. The fraction of sp³-hybridized carbons (Fsp3) is 0.400. The number of cyclic esters (lactones) is 1. The van der Waals surface area contributed by atoms with Crippen molar-refractivity contribution < 1.29 is 17.9 Å². The minimum atomic E-state index is -3.49. The third-order valence-electron chi connectivity index (χ3n) is 3.62. The average Bonchev–Trinajstić information content (AvgIpc) is 2.59. The number of esters is 1. The summed E-state index contributed by atoms with van der Waals surface area (Å²) in [5, 5.41) is 0. The summed E-state index contributed by atoms with van der Waals surface area (Å²) >= 11 is 3.28. The molecule has 114 valence electrons. The number of ether oxygens (including phenoxy) is 1. The van der Waals surface area contributed by atoms with E-state index in [2.05, 4.69) is 15.9 Å². The van der Waals surface area contributed by atoms with E-state index in [1.54, 1.807) is 51.1 Å². The molecule has 1 aromatic rings. The van der Waals surface area contributed by atoms with E-state index in [1.165, 1.54) is 0 Å². The van der Waals surface area contributed by atoms with Gasteiger partial charge in [-0.15, -0.1) is 0 Å². The van der Waals surface area contributed by atoms with Crippen molar-refractivity contribution in [3.05, 3.63) is 40.4 Å². The zero-order valence-electron chi connectivity index (χ0n) is 12.1. The van der Waals surface area contributed by atoms with Gasteiger partial charge in [0.2, 0.25) is 0 Å². The fourth-order valence-electron chi connectivity index (χ4n) is 2.46. The Balaban J connectivity index is 2.42. The molecule has 0 spiro atoms. The maximum absolute atomic E-state index is 12.5. The number of allylic oxidation sites excluding steroid dienone is 1. The lowest BCUT2D eigenvalue weighted by Gasteiger charge is -2.24. The highest BCUT2D eigenvalue weighted by molar-refractivity contribution is 9.11. The SMILES string of the molecule is C/C(Br)=C1/C(=O)OC(C)(C)C1CS(=O)(=O)c1ccccc1. The summed E-state index contributed by atoms with van der Waals surface area (Å²) in [6.45, 7) is 5.19. The van der Waals surface area contributed by atoms with Gasteiger partial charge >= 0.3 is 5.97 Å². The van der Waals surface area contributed by atoms with Gasteiger partial charge in [0.15, 0.2) is 9.84 Å². The first-order chi connectivity index (χ1) is 9.65. The van der Waals surface area contributed by atoms with Crippen LogP contribution in [-0.4, -0.2) is 25.7 Å². The Morgan fingerprint density at radius 1 is 1.29 bits per heavy atom. The highest BCUT2D eigenvalue weighted by atomic mass is 79.9. The van der Waals surface area contributed by atoms with Crippen LogP contribution in [0.1, 0.15) is 20.8 Å². The lowest BCUT2D eigenvalue weighted by atomic mass is 9.89. The normalized spacial score (nSPS) is 23.8. The predicted molar refractivity (Wildman–Crippen MR) is 83.8 cm³/mol. The van der Waals surface area contributed by atoms with E-state index in [9.17, 15) is 13.2 Å². The molecular formula is C15H17BrO4S. The number of sulfone groups is 1. The Kier molecular flexibility index (Phi) is 4.31. The summed E-state index contributed by atoms with van der Waals surface area (Å²) in [5.74, 6) is -1.12. The van der Waals surface area contributed by atoms with E-state index in [0.29, 0.717) is 10.1 Å².